The first kappa shape index (κ1) is 13.8. The molecule has 0 aromatic heterocycles. The number of ether oxygens (including phenoxy) is 1. The van der Waals surface area contributed by atoms with Crippen molar-refractivity contribution in [1.29, 1.82) is 5.26 Å². The van der Waals surface area contributed by atoms with Crippen LogP contribution >= 0.6 is 0 Å². The molecule has 1 aliphatic heterocycles. The van der Waals surface area contributed by atoms with Crippen LogP contribution in [0.5, 0.6) is 0 Å². The van der Waals surface area contributed by atoms with E-state index in [0.717, 1.165) is 26.1 Å². The molecular weight excluding hydrogens is 218 g/mol. The Morgan fingerprint density at radius 2 is 2.00 bits per heavy atom. The van der Waals surface area contributed by atoms with Gasteiger partial charge in [0.2, 0.25) is 0 Å². The van der Waals surface area contributed by atoms with Crippen LogP contribution in [-0.2, 0) is 4.74 Å². The summed E-state index contributed by atoms with van der Waals surface area (Å²) in [6, 6.07) is 2.31. The number of rotatable bonds is 4. The summed E-state index contributed by atoms with van der Waals surface area (Å²) in [4.78, 5) is 15.4. The molecule has 1 unspecified atom stereocenters. The molecule has 17 heavy (non-hydrogen) atoms. The largest absolute Gasteiger partial charge is 0.450 e. The van der Waals surface area contributed by atoms with Crippen LogP contribution in [-0.4, -0.2) is 55.2 Å². The fourth-order valence-electron chi connectivity index (χ4n) is 1.90. The average molecular weight is 239 g/mol. The van der Waals surface area contributed by atoms with Crippen molar-refractivity contribution in [3.8, 4) is 6.07 Å². The lowest BCUT2D eigenvalue weighted by molar-refractivity contribution is 0.0771. The van der Waals surface area contributed by atoms with Crippen molar-refractivity contribution in [2.45, 2.75) is 20.3 Å². The summed E-state index contributed by atoms with van der Waals surface area (Å²) < 4.78 is 4.96. The zero-order valence-corrected chi connectivity index (χ0v) is 10.7. The van der Waals surface area contributed by atoms with E-state index in [2.05, 4.69) is 11.0 Å². The van der Waals surface area contributed by atoms with Gasteiger partial charge in [0.05, 0.1) is 18.6 Å². The van der Waals surface area contributed by atoms with Crippen molar-refractivity contribution >= 4 is 6.09 Å². The van der Waals surface area contributed by atoms with Crippen LogP contribution in [0, 0.1) is 17.2 Å². The second kappa shape index (κ2) is 7.13. The Bertz CT molecular complexity index is 280. The van der Waals surface area contributed by atoms with Gasteiger partial charge in [0.25, 0.3) is 0 Å². The van der Waals surface area contributed by atoms with Crippen LogP contribution in [0.4, 0.5) is 4.79 Å². The molecule has 0 radical (unpaired) electrons. The van der Waals surface area contributed by atoms with Gasteiger partial charge in [-0.2, -0.15) is 5.26 Å². The third-order valence-corrected chi connectivity index (χ3v) is 3.05. The van der Waals surface area contributed by atoms with Crippen LogP contribution in [0.3, 0.4) is 0 Å². The van der Waals surface area contributed by atoms with Gasteiger partial charge < -0.3 is 9.64 Å². The lowest BCUT2D eigenvalue weighted by Gasteiger charge is -2.34. The zero-order chi connectivity index (χ0) is 12.7. The number of amides is 1. The molecule has 0 spiro atoms. The Balaban J connectivity index is 2.31. The molecule has 5 nitrogen and oxygen atoms in total. The number of carbonyl (C=O) groups is 1. The van der Waals surface area contributed by atoms with Crippen molar-refractivity contribution < 1.29 is 9.53 Å². The van der Waals surface area contributed by atoms with Crippen LogP contribution in [0.15, 0.2) is 0 Å². The third kappa shape index (κ3) is 4.23. The second-order valence-corrected chi connectivity index (χ2v) is 4.22. The lowest BCUT2D eigenvalue weighted by atomic mass is 10.1. The summed E-state index contributed by atoms with van der Waals surface area (Å²) in [6.45, 7) is 8.13. The van der Waals surface area contributed by atoms with Crippen molar-refractivity contribution in [2.75, 3.05) is 39.3 Å². The summed E-state index contributed by atoms with van der Waals surface area (Å²) in [5.74, 6) is 0.101. The van der Waals surface area contributed by atoms with Gasteiger partial charge in [0, 0.05) is 32.7 Å². The number of hydrogen-bond donors (Lipinski definition) is 0. The van der Waals surface area contributed by atoms with E-state index in [4.69, 9.17) is 10.00 Å². The van der Waals surface area contributed by atoms with E-state index in [0.29, 0.717) is 19.7 Å². The smallest absolute Gasteiger partial charge is 0.409 e. The predicted octanol–water partition coefficient (Wildman–Crippen LogP) is 1.31. The average Bonchev–Trinajstić information content (AvgIpc) is 2.37. The molecule has 1 heterocycles. The van der Waals surface area contributed by atoms with E-state index in [1.165, 1.54) is 0 Å². The van der Waals surface area contributed by atoms with E-state index in [1.807, 2.05) is 13.8 Å². The normalized spacial score (nSPS) is 18.5. The van der Waals surface area contributed by atoms with Crippen LogP contribution in [0.25, 0.3) is 0 Å². The molecule has 1 saturated heterocycles. The van der Waals surface area contributed by atoms with Crippen molar-refractivity contribution in [3.05, 3.63) is 0 Å². The SMILES string of the molecule is CCOC(=O)N1CCN(CC(C#N)CC)CC1. The third-order valence-electron chi connectivity index (χ3n) is 3.05. The molecule has 5 heteroatoms. The minimum atomic E-state index is -0.223. The van der Waals surface area contributed by atoms with Gasteiger partial charge in [-0.3, -0.25) is 4.90 Å². The van der Waals surface area contributed by atoms with E-state index in [-0.39, 0.29) is 12.0 Å². The van der Waals surface area contributed by atoms with Crippen LogP contribution in [0.1, 0.15) is 20.3 Å². The molecular formula is C12H21N3O2. The Hall–Kier alpha value is -1.28. The standard InChI is InChI=1S/C12H21N3O2/c1-3-11(9-13)10-14-5-7-15(8-6-14)12(16)17-4-2/h11H,3-8,10H2,1-2H3. The molecule has 1 atom stereocenters. The highest BCUT2D eigenvalue weighted by Crippen LogP contribution is 2.08. The van der Waals surface area contributed by atoms with E-state index in [1.54, 1.807) is 4.90 Å². The minimum Gasteiger partial charge on any atom is -0.450 e. The quantitative estimate of drug-likeness (QED) is 0.742. The lowest BCUT2D eigenvalue weighted by Crippen LogP contribution is -2.49. The highest BCUT2D eigenvalue weighted by molar-refractivity contribution is 5.67. The van der Waals surface area contributed by atoms with E-state index in [9.17, 15) is 4.79 Å². The fourth-order valence-corrected chi connectivity index (χ4v) is 1.90. The zero-order valence-electron chi connectivity index (χ0n) is 10.7. The topological polar surface area (TPSA) is 56.6 Å². The van der Waals surface area contributed by atoms with Crippen molar-refractivity contribution in [3.63, 3.8) is 0 Å². The number of piperazine rings is 1. The number of nitriles is 1. The van der Waals surface area contributed by atoms with E-state index < -0.39 is 0 Å². The molecule has 0 aromatic rings. The first-order valence-corrected chi connectivity index (χ1v) is 6.24. The Morgan fingerprint density at radius 1 is 1.35 bits per heavy atom. The number of nitrogens with zero attached hydrogens (tertiary/aromatic N) is 3. The number of hydrogen-bond acceptors (Lipinski definition) is 4. The summed E-state index contributed by atoms with van der Waals surface area (Å²) in [5, 5.41) is 8.91. The summed E-state index contributed by atoms with van der Waals surface area (Å²) in [6.07, 6.45) is 0.661. The monoisotopic (exact) mass is 239 g/mol. The van der Waals surface area contributed by atoms with Gasteiger partial charge in [-0.25, -0.2) is 4.79 Å². The molecule has 0 aromatic carbocycles. The molecule has 1 amide bonds. The molecule has 0 saturated carbocycles. The summed E-state index contributed by atoms with van der Waals surface area (Å²) >= 11 is 0. The van der Waals surface area contributed by atoms with Crippen molar-refractivity contribution in [2.24, 2.45) is 5.92 Å². The molecule has 96 valence electrons. The van der Waals surface area contributed by atoms with Crippen LogP contribution < -0.4 is 0 Å². The highest BCUT2D eigenvalue weighted by atomic mass is 16.6. The van der Waals surface area contributed by atoms with Gasteiger partial charge in [-0.1, -0.05) is 6.92 Å². The molecule has 0 bridgehead atoms. The Labute approximate surface area is 103 Å². The first-order chi connectivity index (χ1) is 8.21. The Kier molecular flexibility index (Phi) is 5.78. The molecule has 0 aliphatic carbocycles. The minimum absolute atomic E-state index is 0.101. The maximum absolute atomic E-state index is 11.5. The summed E-state index contributed by atoms with van der Waals surface area (Å²) in [5.41, 5.74) is 0. The molecule has 0 N–H and O–H groups in total. The second-order valence-electron chi connectivity index (χ2n) is 4.22. The Morgan fingerprint density at radius 3 is 2.47 bits per heavy atom. The van der Waals surface area contributed by atoms with Crippen molar-refractivity contribution in [1.82, 2.24) is 9.80 Å². The van der Waals surface area contributed by atoms with Gasteiger partial charge in [0.15, 0.2) is 0 Å². The van der Waals surface area contributed by atoms with E-state index >= 15 is 0 Å². The number of carbonyl (C=O) groups excluding carboxylic acids is 1. The van der Waals surface area contributed by atoms with Gasteiger partial charge in [-0.05, 0) is 13.3 Å². The maximum Gasteiger partial charge on any atom is 0.409 e. The molecule has 1 rings (SSSR count). The maximum atomic E-state index is 11.5. The first-order valence-electron chi connectivity index (χ1n) is 6.24. The fraction of sp³-hybridized carbons (Fsp3) is 0.833. The van der Waals surface area contributed by atoms with Gasteiger partial charge in [-0.15, -0.1) is 0 Å². The van der Waals surface area contributed by atoms with Crippen LogP contribution in [0.2, 0.25) is 0 Å². The predicted molar refractivity (Wildman–Crippen MR) is 64.4 cm³/mol. The van der Waals surface area contributed by atoms with Gasteiger partial charge in [0.1, 0.15) is 0 Å². The van der Waals surface area contributed by atoms with Gasteiger partial charge >= 0.3 is 6.09 Å². The highest BCUT2D eigenvalue weighted by Gasteiger charge is 2.23. The summed E-state index contributed by atoms with van der Waals surface area (Å²) in [7, 11) is 0. The molecule has 1 aliphatic rings. The molecule has 1 fully saturated rings.